The van der Waals surface area contributed by atoms with Crippen molar-refractivity contribution in [3.05, 3.63) is 74.6 Å². The van der Waals surface area contributed by atoms with Crippen LogP contribution in [0.5, 0.6) is 11.5 Å². The lowest BCUT2D eigenvalue weighted by Gasteiger charge is -2.13. The first kappa shape index (κ1) is 26.2. The molecule has 1 unspecified atom stereocenters. The van der Waals surface area contributed by atoms with E-state index >= 15 is 0 Å². The summed E-state index contributed by atoms with van der Waals surface area (Å²) >= 11 is 4.41. The highest BCUT2D eigenvalue weighted by Crippen LogP contribution is 2.29. The number of hydrogen-bond donors (Lipinski definition) is 2. The Morgan fingerprint density at radius 2 is 1.97 bits per heavy atom. The molecule has 0 bridgehead atoms. The summed E-state index contributed by atoms with van der Waals surface area (Å²) in [5.41, 5.74) is 1.85. The van der Waals surface area contributed by atoms with Crippen LogP contribution >= 0.6 is 27.7 Å². The molecular formula is C24H22BrN5O6S. The van der Waals surface area contributed by atoms with Crippen LogP contribution in [-0.2, 0) is 23.2 Å². The number of nitrogens with one attached hydrogen (secondary N) is 1. The number of aromatic nitrogens is 2. The molecule has 192 valence electrons. The van der Waals surface area contributed by atoms with Gasteiger partial charge in [-0.2, -0.15) is 5.10 Å². The molecule has 1 aliphatic rings. The van der Waals surface area contributed by atoms with E-state index in [2.05, 4.69) is 31.4 Å². The van der Waals surface area contributed by atoms with Gasteiger partial charge in [-0.1, -0.05) is 30.0 Å². The standard InChI is InChI=1S/C24H22BrN5O6S/c1-29-16(21(25)23(34)30(29)15-6-4-3-5-7-15)13-36-17-9-8-14(10-18(17)35-2)12-26-28-24-27-22(33)19(37-24)11-20(31)32/h3-10,12,19H,11,13H2,1-2H3,(H,31,32)(H,27,28,33). The SMILES string of the molecule is COc1cc(C=NN=C2NC(=O)C(CC(=O)O)S2)ccc1OCc1c(Br)c(=O)n(-c2ccccc2)n1C. The van der Waals surface area contributed by atoms with Gasteiger partial charge < -0.3 is 19.9 Å². The zero-order chi connectivity index (χ0) is 26.5. The highest BCUT2D eigenvalue weighted by atomic mass is 79.9. The number of halogens is 1. The maximum absolute atomic E-state index is 12.8. The van der Waals surface area contributed by atoms with Crippen LogP contribution in [0.2, 0.25) is 0 Å². The first-order valence-electron chi connectivity index (χ1n) is 10.9. The van der Waals surface area contributed by atoms with Crippen LogP contribution in [-0.4, -0.2) is 50.1 Å². The summed E-state index contributed by atoms with van der Waals surface area (Å²) in [5.74, 6) is -0.555. The summed E-state index contributed by atoms with van der Waals surface area (Å²) in [4.78, 5) is 35.4. The predicted molar refractivity (Wildman–Crippen MR) is 143 cm³/mol. The summed E-state index contributed by atoms with van der Waals surface area (Å²) in [5, 5.41) is 18.8. The fourth-order valence-electron chi connectivity index (χ4n) is 3.55. The van der Waals surface area contributed by atoms with E-state index in [0.29, 0.717) is 27.2 Å². The van der Waals surface area contributed by atoms with Crippen molar-refractivity contribution in [1.29, 1.82) is 0 Å². The van der Waals surface area contributed by atoms with Crippen LogP contribution in [0.4, 0.5) is 0 Å². The molecule has 3 aromatic rings. The second-order valence-electron chi connectivity index (χ2n) is 7.78. The number of carbonyl (C=O) groups is 2. The molecule has 37 heavy (non-hydrogen) atoms. The third kappa shape index (κ3) is 5.94. The number of methoxy groups -OCH3 is 1. The molecule has 2 aromatic carbocycles. The number of aliphatic carboxylic acids is 1. The monoisotopic (exact) mass is 587 g/mol. The zero-order valence-electron chi connectivity index (χ0n) is 19.8. The topological polar surface area (TPSA) is 137 Å². The van der Waals surface area contributed by atoms with Crippen LogP contribution in [0.25, 0.3) is 5.69 Å². The minimum atomic E-state index is -1.06. The van der Waals surface area contributed by atoms with Gasteiger partial charge in [0.25, 0.3) is 5.56 Å². The van der Waals surface area contributed by atoms with Gasteiger partial charge in [-0.15, -0.1) is 5.10 Å². The number of carboxylic acids is 1. The van der Waals surface area contributed by atoms with Gasteiger partial charge in [0, 0.05) is 7.05 Å². The van der Waals surface area contributed by atoms with Crippen LogP contribution in [0.1, 0.15) is 17.7 Å². The molecule has 2 N–H and O–H groups in total. The van der Waals surface area contributed by atoms with Gasteiger partial charge in [-0.3, -0.25) is 19.1 Å². The quantitative estimate of drug-likeness (QED) is 0.290. The fraction of sp³-hybridized carbons (Fsp3) is 0.208. The van der Waals surface area contributed by atoms with Crippen molar-refractivity contribution in [2.45, 2.75) is 18.3 Å². The molecule has 1 aromatic heterocycles. The fourth-order valence-corrected chi connectivity index (χ4v) is 5.01. The minimum absolute atomic E-state index is 0.109. The summed E-state index contributed by atoms with van der Waals surface area (Å²) < 4.78 is 15.1. The zero-order valence-corrected chi connectivity index (χ0v) is 22.2. The molecule has 0 saturated carbocycles. The molecule has 1 atom stereocenters. The third-order valence-electron chi connectivity index (χ3n) is 5.37. The van der Waals surface area contributed by atoms with Crippen molar-refractivity contribution in [2.24, 2.45) is 17.3 Å². The molecule has 0 aliphatic carbocycles. The molecule has 13 heteroatoms. The van der Waals surface area contributed by atoms with E-state index in [-0.39, 0.29) is 23.8 Å². The van der Waals surface area contributed by atoms with Crippen LogP contribution < -0.4 is 20.3 Å². The highest BCUT2D eigenvalue weighted by Gasteiger charge is 2.32. The van der Waals surface area contributed by atoms with Gasteiger partial charge in [0.15, 0.2) is 16.7 Å². The number of amidine groups is 1. The second kappa shape index (κ2) is 11.5. The minimum Gasteiger partial charge on any atom is -0.493 e. The van der Waals surface area contributed by atoms with Crippen molar-refractivity contribution in [3.63, 3.8) is 0 Å². The molecule has 4 rings (SSSR count). The molecule has 1 aliphatic heterocycles. The molecule has 1 fully saturated rings. The summed E-state index contributed by atoms with van der Waals surface area (Å²) in [6.45, 7) is 0.109. The second-order valence-corrected chi connectivity index (χ2v) is 9.76. The number of benzene rings is 2. The van der Waals surface area contributed by atoms with E-state index in [9.17, 15) is 14.4 Å². The van der Waals surface area contributed by atoms with E-state index in [1.807, 2.05) is 30.3 Å². The number of nitrogens with zero attached hydrogens (tertiary/aromatic N) is 4. The number of carbonyl (C=O) groups excluding carboxylic acids is 1. The third-order valence-corrected chi connectivity index (χ3v) is 7.24. The van der Waals surface area contributed by atoms with E-state index in [0.717, 1.165) is 17.4 Å². The Labute approximate surface area is 223 Å². The van der Waals surface area contributed by atoms with Gasteiger partial charge in [-0.25, -0.2) is 4.68 Å². The predicted octanol–water partition coefficient (Wildman–Crippen LogP) is 2.92. The van der Waals surface area contributed by atoms with Gasteiger partial charge in [0.1, 0.15) is 16.3 Å². The number of para-hydroxylation sites is 1. The Balaban J connectivity index is 1.46. The largest absolute Gasteiger partial charge is 0.493 e. The summed E-state index contributed by atoms with van der Waals surface area (Å²) in [6, 6.07) is 14.5. The van der Waals surface area contributed by atoms with E-state index in [1.165, 1.54) is 13.3 Å². The molecule has 1 amide bonds. The van der Waals surface area contributed by atoms with Crippen molar-refractivity contribution in [2.75, 3.05) is 7.11 Å². The normalized spacial score (nSPS) is 16.4. The Morgan fingerprint density at radius 3 is 2.68 bits per heavy atom. The molecule has 0 spiro atoms. The first-order chi connectivity index (χ1) is 17.8. The number of hydrogen-bond acceptors (Lipinski definition) is 8. The molecule has 11 nitrogen and oxygen atoms in total. The molecule has 0 radical (unpaired) electrons. The molecular weight excluding hydrogens is 566 g/mol. The maximum atomic E-state index is 12.8. The Morgan fingerprint density at radius 1 is 1.22 bits per heavy atom. The molecule has 2 heterocycles. The van der Waals surface area contributed by atoms with Crippen LogP contribution in [0.15, 0.2) is 68.0 Å². The lowest BCUT2D eigenvalue weighted by Crippen LogP contribution is -2.26. The average Bonchev–Trinajstić information content (AvgIpc) is 3.32. The molecule has 1 saturated heterocycles. The van der Waals surface area contributed by atoms with Gasteiger partial charge >= 0.3 is 5.97 Å². The summed E-state index contributed by atoms with van der Waals surface area (Å²) in [7, 11) is 3.29. The van der Waals surface area contributed by atoms with Gasteiger partial charge in [0.05, 0.1) is 31.1 Å². The Hall–Kier alpha value is -3.84. The van der Waals surface area contributed by atoms with E-state index < -0.39 is 17.1 Å². The van der Waals surface area contributed by atoms with Crippen LogP contribution in [0, 0.1) is 0 Å². The maximum Gasteiger partial charge on any atom is 0.305 e. The van der Waals surface area contributed by atoms with Crippen molar-refractivity contribution in [3.8, 4) is 17.2 Å². The van der Waals surface area contributed by atoms with Gasteiger partial charge in [-0.05, 0) is 51.8 Å². The highest BCUT2D eigenvalue weighted by molar-refractivity contribution is 9.10. The Kier molecular flexibility index (Phi) is 8.14. The summed E-state index contributed by atoms with van der Waals surface area (Å²) in [6.07, 6.45) is 1.18. The number of carboxylic acid groups (broad SMARTS) is 1. The van der Waals surface area contributed by atoms with E-state index in [1.54, 1.807) is 34.6 Å². The number of rotatable bonds is 9. The number of amides is 1. The van der Waals surface area contributed by atoms with Crippen LogP contribution in [0.3, 0.4) is 0 Å². The lowest BCUT2D eigenvalue weighted by molar-refractivity contribution is -0.138. The van der Waals surface area contributed by atoms with E-state index in [4.69, 9.17) is 14.6 Å². The number of thioether (sulfide) groups is 1. The Bertz CT molecular complexity index is 1450. The average molecular weight is 588 g/mol. The van der Waals surface area contributed by atoms with Crippen molar-refractivity contribution >= 4 is 51.0 Å². The first-order valence-corrected chi connectivity index (χ1v) is 12.6. The lowest BCUT2D eigenvalue weighted by atomic mass is 10.2. The van der Waals surface area contributed by atoms with Crippen molar-refractivity contribution in [1.82, 2.24) is 14.7 Å². The van der Waals surface area contributed by atoms with Gasteiger partial charge in [0.2, 0.25) is 5.91 Å². The number of ether oxygens (including phenoxy) is 2. The van der Waals surface area contributed by atoms with Crippen molar-refractivity contribution < 1.29 is 24.2 Å². The smallest absolute Gasteiger partial charge is 0.305 e.